The highest BCUT2D eigenvalue weighted by Gasteiger charge is 2.13. The molecule has 0 aliphatic heterocycles. The van der Waals surface area contributed by atoms with Gasteiger partial charge in [-0.1, -0.05) is 24.3 Å². The highest BCUT2D eigenvalue weighted by atomic mass is 15.1. The fourth-order valence-corrected chi connectivity index (χ4v) is 2.86. The molecule has 2 aromatic heterocycles. The summed E-state index contributed by atoms with van der Waals surface area (Å²) in [5.74, 6) is 0.835. The SMILES string of the molecule is CN(C)CCNc1nc2ccccc2n2c1nc1ccccc12. The van der Waals surface area contributed by atoms with Gasteiger partial charge in [-0.3, -0.25) is 4.40 Å². The number of rotatable bonds is 4. The summed E-state index contributed by atoms with van der Waals surface area (Å²) in [6.45, 7) is 1.78. The minimum absolute atomic E-state index is 0.831. The van der Waals surface area contributed by atoms with Crippen molar-refractivity contribution >= 4 is 33.5 Å². The second-order valence-electron chi connectivity index (χ2n) is 5.94. The minimum Gasteiger partial charge on any atom is -0.366 e. The van der Waals surface area contributed by atoms with Crippen LogP contribution in [0.15, 0.2) is 48.5 Å². The summed E-state index contributed by atoms with van der Waals surface area (Å²) in [6.07, 6.45) is 0. The number of fused-ring (bicyclic) bond motifs is 5. The predicted molar refractivity (Wildman–Crippen MR) is 95.0 cm³/mol. The number of hydrogen-bond acceptors (Lipinski definition) is 4. The van der Waals surface area contributed by atoms with E-state index in [1.54, 1.807) is 0 Å². The molecule has 5 nitrogen and oxygen atoms in total. The van der Waals surface area contributed by atoms with Crippen LogP contribution in [-0.4, -0.2) is 46.5 Å². The molecular formula is C18H19N5. The molecular weight excluding hydrogens is 286 g/mol. The summed E-state index contributed by atoms with van der Waals surface area (Å²) in [6, 6.07) is 16.4. The molecule has 0 spiro atoms. The summed E-state index contributed by atoms with van der Waals surface area (Å²) >= 11 is 0. The summed E-state index contributed by atoms with van der Waals surface area (Å²) in [5, 5.41) is 3.44. The van der Waals surface area contributed by atoms with Crippen molar-refractivity contribution in [2.24, 2.45) is 0 Å². The second-order valence-corrected chi connectivity index (χ2v) is 5.94. The highest BCUT2D eigenvalue weighted by molar-refractivity contribution is 5.92. The molecule has 0 bridgehead atoms. The van der Waals surface area contributed by atoms with Gasteiger partial charge in [-0.05, 0) is 38.4 Å². The molecule has 0 amide bonds. The first kappa shape index (κ1) is 14.0. The van der Waals surface area contributed by atoms with Crippen molar-refractivity contribution in [1.29, 1.82) is 0 Å². The third-order valence-corrected chi connectivity index (χ3v) is 3.98. The first-order chi connectivity index (χ1) is 11.2. The Bertz CT molecular complexity index is 987. The van der Waals surface area contributed by atoms with Gasteiger partial charge in [-0.2, -0.15) is 0 Å². The molecule has 4 rings (SSSR count). The molecule has 0 aliphatic carbocycles. The van der Waals surface area contributed by atoms with Crippen LogP contribution < -0.4 is 5.32 Å². The molecule has 1 N–H and O–H groups in total. The van der Waals surface area contributed by atoms with Gasteiger partial charge in [0.25, 0.3) is 0 Å². The van der Waals surface area contributed by atoms with Crippen molar-refractivity contribution in [2.75, 3.05) is 32.5 Å². The van der Waals surface area contributed by atoms with Crippen LogP contribution in [0.4, 0.5) is 5.82 Å². The van der Waals surface area contributed by atoms with Crippen LogP contribution >= 0.6 is 0 Å². The molecule has 0 saturated heterocycles. The monoisotopic (exact) mass is 305 g/mol. The van der Waals surface area contributed by atoms with Crippen LogP contribution in [0.5, 0.6) is 0 Å². The second kappa shape index (κ2) is 5.52. The smallest absolute Gasteiger partial charge is 0.181 e. The summed E-state index contributed by atoms with van der Waals surface area (Å²) in [4.78, 5) is 11.7. The van der Waals surface area contributed by atoms with Gasteiger partial charge in [0.15, 0.2) is 11.5 Å². The molecule has 4 aromatic rings. The average molecular weight is 305 g/mol. The van der Waals surface area contributed by atoms with Gasteiger partial charge in [-0.15, -0.1) is 0 Å². The Balaban J connectivity index is 1.97. The van der Waals surface area contributed by atoms with Crippen molar-refractivity contribution in [3.63, 3.8) is 0 Å². The Morgan fingerprint density at radius 1 is 0.913 bits per heavy atom. The first-order valence-electron chi connectivity index (χ1n) is 7.78. The quantitative estimate of drug-likeness (QED) is 0.629. The first-order valence-corrected chi connectivity index (χ1v) is 7.78. The molecule has 2 heterocycles. The third kappa shape index (κ3) is 2.39. The van der Waals surface area contributed by atoms with Crippen LogP contribution in [0, 0.1) is 0 Å². The number of nitrogens with zero attached hydrogens (tertiary/aromatic N) is 4. The maximum atomic E-state index is 4.79. The van der Waals surface area contributed by atoms with Crippen molar-refractivity contribution < 1.29 is 0 Å². The van der Waals surface area contributed by atoms with E-state index in [1.165, 1.54) is 0 Å². The van der Waals surface area contributed by atoms with E-state index in [2.05, 4.69) is 40.8 Å². The van der Waals surface area contributed by atoms with E-state index < -0.39 is 0 Å². The largest absolute Gasteiger partial charge is 0.366 e. The number of hydrogen-bond donors (Lipinski definition) is 1. The molecule has 2 aromatic carbocycles. The fourth-order valence-electron chi connectivity index (χ4n) is 2.86. The van der Waals surface area contributed by atoms with E-state index >= 15 is 0 Å². The maximum Gasteiger partial charge on any atom is 0.181 e. The molecule has 23 heavy (non-hydrogen) atoms. The summed E-state index contributed by atoms with van der Waals surface area (Å²) < 4.78 is 2.19. The number of para-hydroxylation sites is 4. The fraction of sp³-hybridized carbons (Fsp3) is 0.222. The average Bonchev–Trinajstić information content (AvgIpc) is 2.94. The van der Waals surface area contributed by atoms with E-state index in [1.807, 2.05) is 36.4 Å². The molecule has 0 fully saturated rings. The normalized spacial score (nSPS) is 11.8. The van der Waals surface area contributed by atoms with E-state index in [4.69, 9.17) is 9.97 Å². The molecule has 116 valence electrons. The van der Waals surface area contributed by atoms with Crippen molar-refractivity contribution in [1.82, 2.24) is 19.3 Å². The van der Waals surface area contributed by atoms with Gasteiger partial charge in [0.1, 0.15) is 0 Å². The topological polar surface area (TPSA) is 45.5 Å². The van der Waals surface area contributed by atoms with E-state index in [0.717, 1.165) is 46.6 Å². The van der Waals surface area contributed by atoms with Crippen molar-refractivity contribution in [3.8, 4) is 0 Å². The van der Waals surface area contributed by atoms with Gasteiger partial charge in [0.05, 0.1) is 22.1 Å². The van der Waals surface area contributed by atoms with E-state index in [0.29, 0.717) is 0 Å². The summed E-state index contributed by atoms with van der Waals surface area (Å²) in [5.41, 5.74) is 5.02. The Morgan fingerprint density at radius 2 is 1.52 bits per heavy atom. The molecule has 0 aliphatic rings. The lowest BCUT2D eigenvalue weighted by Gasteiger charge is -2.12. The van der Waals surface area contributed by atoms with Crippen molar-refractivity contribution in [3.05, 3.63) is 48.5 Å². The zero-order chi connectivity index (χ0) is 15.8. The Hall–Kier alpha value is -2.66. The van der Waals surface area contributed by atoms with Gasteiger partial charge in [0.2, 0.25) is 0 Å². The number of benzene rings is 2. The summed E-state index contributed by atoms with van der Waals surface area (Å²) in [7, 11) is 4.13. The lowest BCUT2D eigenvalue weighted by atomic mass is 10.3. The zero-order valence-electron chi connectivity index (χ0n) is 13.3. The number of imidazole rings is 1. The number of aromatic nitrogens is 3. The van der Waals surface area contributed by atoms with Crippen molar-refractivity contribution in [2.45, 2.75) is 0 Å². The highest BCUT2D eigenvalue weighted by Crippen LogP contribution is 2.26. The molecule has 0 atom stereocenters. The van der Waals surface area contributed by atoms with Crippen LogP contribution in [0.3, 0.4) is 0 Å². The van der Waals surface area contributed by atoms with E-state index in [9.17, 15) is 0 Å². The van der Waals surface area contributed by atoms with Crippen LogP contribution in [0.2, 0.25) is 0 Å². The zero-order valence-corrected chi connectivity index (χ0v) is 13.3. The Kier molecular flexibility index (Phi) is 3.35. The molecule has 0 saturated carbocycles. The lowest BCUT2D eigenvalue weighted by molar-refractivity contribution is 0.425. The Labute approximate surface area is 134 Å². The number of likely N-dealkylation sites (N-methyl/N-ethyl adjacent to an activating group) is 1. The standard InChI is InChI=1S/C18H19N5/c1-22(2)12-11-19-17-18-21-14-8-4-6-10-16(14)23(18)15-9-5-3-7-13(15)20-17/h3-10H,11-12H2,1-2H3,(H,19,20). The molecule has 0 unspecified atom stereocenters. The van der Waals surface area contributed by atoms with Crippen LogP contribution in [-0.2, 0) is 0 Å². The predicted octanol–water partition coefficient (Wildman–Crippen LogP) is 3.01. The minimum atomic E-state index is 0.831. The van der Waals surface area contributed by atoms with E-state index in [-0.39, 0.29) is 0 Å². The van der Waals surface area contributed by atoms with Gasteiger partial charge in [-0.25, -0.2) is 9.97 Å². The van der Waals surface area contributed by atoms with Gasteiger partial charge in [0, 0.05) is 13.1 Å². The lowest BCUT2D eigenvalue weighted by Crippen LogP contribution is -2.21. The number of anilines is 1. The third-order valence-electron chi connectivity index (χ3n) is 3.98. The number of nitrogens with one attached hydrogen (secondary N) is 1. The van der Waals surface area contributed by atoms with Crippen LogP contribution in [0.1, 0.15) is 0 Å². The van der Waals surface area contributed by atoms with Gasteiger partial charge >= 0.3 is 0 Å². The van der Waals surface area contributed by atoms with Gasteiger partial charge < -0.3 is 10.2 Å². The molecule has 0 radical (unpaired) electrons. The Morgan fingerprint density at radius 3 is 2.17 bits per heavy atom. The van der Waals surface area contributed by atoms with Crippen LogP contribution in [0.25, 0.3) is 27.7 Å². The molecule has 5 heteroatoms. The maximum absolute atomic E-state index is 4.79.